The summed E-state index contributed by atoms with van der Waals surface area (Å²) >= 11 is 0. The van der Waals surface area contributed by atoms with Crippen molar-refractivity contribution in [3.8, 4) is 0 Å². The number of amides is 2. The SMILES string of the molecule is C=CCC(C)NC(=O)NC(CCc1ccccc1)C(=O)O. The van der Waals surface area contributed by atoms with E-state index in [2.05, 4.69) is 17.2 Å². The molecule has 0 saturated carbocycles. The molecule has 0 aliphatic rings. The predicted molar refractivity (Wildman–Crippen MR) is 82.1 cm³/mol. The van der Waals surface area contributed by atoms with Crippen molar-refractivity contribution in [2.45, 2.75) is 38.3 Å². The van der Waals surface area contributed by atoms with Gasteiger partial charge in [0.1, 0.15) is 6.04 Å². The van der Waals surface area contributed by atoms with E-state index in [1.165, 1.54) is 0 Å². The number of carboxylic acid groups (broad SMARTS) is 1. The molecule has 0 aliphatic carbocycles. The Morgan fingerprint density at radius 1 is 1.29 bits per heavy atom. The molecule has 2 unspecified atom stereocenters. The van der Waals surface area contributed by atoms with E-state index in [0.717, 1.165) is 5.56 Å². The Bertz CT molecular complexity index is 474. The molecule has 2 atom stereocenters. The minimum Gasteiger partial charge on any atom is -0.480 e. The zero-order chi connectivity index (χ0) is 15.7. The standard InChI is InChI=1S/C16H22N2O3/c1-3-7-12(2)17-16(21)18-14(15(19)20)11-10-13-8-5-4-6-9-13/h3-6,8-9,12,14H,1,7,10-11H2,2H3,(H,19,20)(H2,17,18,21). The molecule has 0 radical (unpaired) electrons. The normalized spacial score (nSPS) is 13.0. The van der Waals surface area contributed by atoms with Crippen LogP contribution in [0.4, 0.5) is 4.79 Å². The monoisotopic (exact) mass is 290 g/mol. The number of hydrogen-bond acceptors (Lipinski definition) is 2. The largest absolute Gasteiger partial charge is 0.480 e. The van der Waals surface area contributed by atoms with Crippen molar-refractivity contribution in [3.63, 3.8) is 0 Å². The van der Waals surface area contributed by atoms with Gasteiger partial charge in [-0.05, 0) is 31.7 Å². The number of benzene rings is 1. The van der Waals surface area contributed by atoms with Gasteiger partial charge in [0.15, 0.2) is 0 Å². The lowest BCUT2D eigenvalue weighted by atomic mass is 10.1. The van der Waals surface area contributed by atoms with E-state index in [-0.39, 0.29) is 6.04 Å². The van der Waals surface area contributed by atoms with Gasteiger partial charge in [0.05, 0.1) is 0 Å². The lowest BCUT2D eigenvalue weighted by Crippen LogP contribution is -2.48. The van der Waals surface area contributed by atoms with Crippen LogP contribution in [0.1, 0.15) is 25.3 Å². The summed E-state index contributed by atoms with van der Waals surface area (Å²) in [6.07, 6.45) is 3.28. The Balaban J connectivity index is 2.48. The Hall–Kier alpha value is -2.30. The summed E-state index contributed by atoms with van der Waals surface area (Å²) in [6.45, 7) is 5.43. The van der Waals surface area contributed by atoms with Crippen LogP contribution in [0.2, 0.25) is 0 Å². The van der Waals surface area contributed by atoms with Gasteiger partial charge < -0.3 is 15.7 Å². The van der Waals surface area contributed by atoms with Crippen molar-refractivity contribution in [2.24, 2.45) is 0 Å². The maximum Gasteiger partial charge on any atom is 0.326 e. The van der Waals surface area contributed by atoms with Crippen LogP contribution in [0.25, 0.3) is 0 Å². The highest BCUT2D eigenvalue weighted by Crippen LogP contribution is 2.05. The Kier molecular flexibility index (Phi) is 7.01. The minimum atomic E-state index is -1.03. The highest BCUT2D eigenvalue weighted by atomic mass is 16.4. The predicted octanol–water partition coefficient (Wildman–Crippen LogP) is 2.34. The fourth-order valence-corrected chi connectivity index (χ4v) is 1.95. The van der Waals surface area contributed by atoms with Crippen molar-refractivity contribution in [3.05, 3.63) is 48.6 Å². The Labute approximate surface area is 125 Å². The van der Waals surface area contributed by atoms with E-state index in [1.54, 1.807) is 6.08 Å². The van der Waals surface area contributed by atoms with E-state index in [1.807, 2.05) is 37.3 Å². The molecule has 1 rings (SSSR count). The molecule has 3 N–H and O–H groups in total. The highest BCUT2D eigenvalue weighted by molar-refractivity contribution is 5.82. The number of carbonyl (C=O) groups is 2. The first-order valence-electron chi connectivity index (χ1n) is 6.97. The minimum absolute atomic E-state index is 0.0777. The molecule has 0 aromatic heterocycles. The number of urea groups is 1. The van der Waals surface area contributed by atoms with E-state index in [9.17, 15) is 14.7 Å². The molecule has 0 bridgehead atoms. The summed E-state index contributed by atoms with van der Waals surface area (Å²) < 4.78 is 0. The first kappa shape index (κ1) is 16.8. The van der Waals surface area contributed by atoms with Crippen molar-refractivity contribution in [1.29, 1.82) is 0 Å². The van der Waals surface area contributed by atoms with Gasteiger partial charge in [-0.15, -0.1) is 6.58 Å². The summed E-state index contributed by atoms with van der Waals surface area (Å²) in [7, 11) is 0. The first-order valence-corrected chi connectivity index (χ1v) is 6.97. The lowest BCUT2D eigenvalue weighted by Gasteiger charge is -2.17. The number of nitrogens with one attached hydrogen (secondary N) is 2. The Morgan fingerprint density at radius 2 is 1.95 bits per heavy atom. The molecular formula is C16H22N2O3. The quantitative estimate of drug-likeness (QED) is 0.643. The maximum absolute atomic E-state index is 11.7. The van der Waals surface area contributed by atoms with Crippen LogP contribution in [0.5, 0.6) is 0 Å². The molecule has 0 spiro atoms. The molecule has 114 valence electrons. The van der Waals surface area contributed by atoms with Crippen LogP contribution in [0, 0.1) is 0 Å². The molecule has 21 heavy (non-hydrogen) atoms. The fourth-order valence-electron chi connectivity index (χ4n) is 1.95. The molecule has 0 saturated heterocycles. The van der Waals surface area contributed by atoms with Crippen LogP contribution >= 0.6 is 0 Å². The van der Waals surface area contributed by atoms with Crippen LogP contribution in [0.15, 0.2) is 43.0 Å². The van der Waals surface area contributed by atoms with Gasteiger partial charge in [-0.3, -0.25) is 0 Å². The third kappa shape index (κ3) is 6.61. The van der Waals surface area contributed by atoms with Crippen LogP contribution in [0.3, 0.4) is 0 Å². The van der Waals surface area contributed by atoms with E-state index in [0.29, 0.717) is 19.3 Å². The van der Waals surface area contributed by atoms with Gasteiger partial charge in [0.2, 0.25) is 0 Å². The third-order valence-electron chi connectivity index (χ3n) is 3.07. The van der Waals surface area contributed by atoms with E-state index >= 15 is 0 Å². The molecular weight excluding hydrogens is 268 g/mol. The molecule has 5 nitrogen and oxygen atoms in total. The maximum atomic E-state index is 11.7. The summed E-state index contributed by atoms with van der Waals surface area (Å²) in [4.78, 5) is 22.9. The molecule has 0 heterocycles. The van der Waals surface area contributed by atoms with Gasteiger partial charge in [0.25, 0.3) is 0 Å². The van der Waals surface area contributed by atoms with Crippen molar-refractivity contribution >= 4 is 12.0 Å². The van der Waals surface area contributed by atoms with Crippen molar-refractivity contribution < 1.29 is 14.7 Å². The molecule has 1 aromatic carbocycles. The summed E-state index contributed by atoms with van der Waals surface area (Å²) in [5.74, 6) is -1.03. The number of carbonyl (C=O) groups excluding carboxylic acids is 1. The van der Waals surface area contributed by atoms with E-state index < -0.39 is 18.0 Å². The zero-order valence-electron chi connectivity index (χ0n) is 12.2. The van der Waals surface area contributed by atoms with Crippen molar-refractivity contribution in [2.75, 3.05) is 0 Å². The smallest absolute Gasteiger partial charge is 0.326 e. The first-order chi connectivity index (χ1) is 10.0. The third-order valence-corrected chi connectivity index (χ3v) is 3.07. The zero-order valence-corrected chi connectivity index (χ0v) is 12.2. The number of hydrogen-bond donors (Lipinski definition) is 3. The van der Waals surface area contributed by atoms with Gasteiger partial charge in [-0.1, -0.05) is 36.4 Å². The second-order valence-corrected chi connectivity index (χ2v) is 4.96. The van der Waals surface area contributed by atoms with Crippen LogP contribution < -0.4 is 10.6 Å². The number of aryl methyl sites for hydroxylation is 1. The number of carboxylic acids is 1. The average molecular weight is 290 g/mol. The number of rotatable bonds is 8. The highest BCUT2D eigenvalue weighted by Gasteiger charge is 2.20. The summed E-state index contributed by atoms with van der Waals surface area (Å²) in [5.41, 5.74) is 1.05. The molecule has 1 aromatic rings. The molecule has 5 heteroatoms. The average Bonchev–Trinajstić information content (AvgIpc) is 2.44. The van der Waals surface area contributed by atoms with Crippen LogP contribution in [-0.4, -0.2) is 29.2 Å². The Morgan fingerprint density at radius 3 is 2.52 bits per heavy atom. The summed E-state index contributed by atoms with van der Waals surface area (Å²) in [6, 6.07) is 8.14. The fraction of sp³-hybridized carbons (Fsp3) is 0.375. The van der Waals surface area contributed by atoms with Gasteiger partial charge in [-0.2, -0.15) is 0 Å². The lowest BCUT2D eigenvalue weighted by molar-refractivity contribution is -0.139. The van der Waals surface area contributed by atoms with Gasteiger partial charge in [0, 0.05) is 6.04 Å². The van der Waals surface area contributed by atoms with Crippen LogP contribution in [-0.2, 0) is 11.2 Å². The molecule has 0 fully saturated rings. The summed E-state index contributed by atoms with van der Waals surface area (Å²) in [5, 5.41) is 14.4. The van der Waals surface area contributed by atoms with E-state index in [4.69, 9.17) is 0 Å². The topological polar surface area (TPSA) is 78.4 Å². The van der Waals surface area contributed by atoms with Gasteiger partial charge in [-0.25, -0.2) is 9.59 Å². The molecule has 2 amide bonds. The van der Waals surface area contributed by atoms with Crippen molar-refractivity contribution in [1.82, 2.24) is 10.6 Å². The second-order valence-electron chi connectivity index (χ2n) is 4.96. The number of aliphatic carboxylic acids is 1. The second kappa shape index (κ2) is 8.79. The van der Waals surface area contributed by atoms with Gasteiger partial charge >= 0.3 is 12.0 Å². The molecule has 0 aliphatic heterocycles.